The van der Waals surface area contributed by atoms with Gasteiger partial charge in [0.15, 0.2) is 0 Å². The van der Waals surface area contributed by atoms with Crippen LogP contribution in [0.4, 0.5) is 19.1 Å². The molecule has 3 heterocycles. The fourth-order valence-corrected chi connectivity index (χ4v) is 3.30. The Kier molecular flexibility index (Phi) is 6.21. The molecule has 1 N–H and O–H groups in total. The molecule has 1 atom stereocenters. The van der Waals surface area contributed by atoms with Gasteiger partial charge in [0.1, 0.15) is 5.69 Å². The molecule has 0 spiro atoms. The van der Waals surface area contributed by atoms with Crippen molar-refractivity contribution in [3.63, 3.8) is 0 Å². The van der Waals surface area contributed by atoms with Crippen LogP contribution in [0.1, 0.15) is 42.6 Å². The first kappa shape index (κ1) is 20.2. The average molecular weight is 396 g/mol. The molecule has 1 aliphatic rings. The average Bonchev–Trinajstić information content (AvgIpc) is 3.08. The molecule has 6 nitrogen and oxygen atoms in total. The Hall–Kier alpha value is -2.58. The molecule has 1 unspecified atom stereocenters. The number of alkyl halides is 3. The standard InChI is InChI=1S/C19H23F3N4O2/c1-13-9-16(19(20,21)22)25-18(23-13)24-15-5-3-2-4-7-26(11-15)17(27)10-14-6-8-28-12-14/h6,8-9,12,15H,2-5,7,10-11H2,1H3,(H,23,24,25). The number of hydrogen-bond acceptors (Lipinski definition) is 5. The van der Waals surface area contributed by atoms with Gasteiger partial charge >= 0.3 is 6.18 Å². The van der Waals surface area contributed by atoms with Crippen molar-refractivity contribution < 1.29 is 22.4 Å². The number of aryl methyl sites for hydroxylation is 1. The number of nitrogens with one attached hydrogen (secondary N) is 1. The van der Waals surface area contributed by atoms with Crippen LogP contribution in [0.25, 0.3) is 0 Å². The molecule has 1 fully saturated rings. The second-order valence-corrected chi connectivity index (χ2v) is 7.05. The Morgan fingerprint density at radius 3 is 2.86 bits per heavy atom. The molecule has 0 aromatic carbocycles. The zero-order valence-corrected chi connectivity index (χ0v) is 15.6. The Labute approximate surface area is 161 Å². The summed E-state index contributed by atoms with van der Waals surface area (Å²) in [5.41, 5.74) is 0.0678. The lowest BCUT2D eigenvalue weighted by Crippen LogP contribution is -2.43. The van der Waals surface area contributed by atoms with Crippen LogP contribution in [0.5, 0.6) is 0 Å². The van der Waals surface area contributed by atoms with Crippen molar-refractivity contribution in [3.05, 3.63) is 41.6 Å². The van der Waals surface area contributed by atoms with E-state index < -0.39 is 11.9 Å². The Balaban J connectivity index is 1.71. The quantitative estimate of drug-likeness (QED) is 0.851. The summed E-state index contributed by atoms with van der Waals surface area (Å²) >= 11 is 0. The van der Waals surface area contributed by atoms with Gasteiger partial charge in [-0.1, -0.05) is 12.8 Å². The van der Waals surface area contributed by atoms with Gasteiger partial charge in [0.05, 0.1) is 18.9 Å². The van der Waals surface area contributed by atoms with Gasteiger partial charge in [-0.3, -0.25) is 4.79 Å². The number of nitrogens with zero attached hydrogens (tertiary/aromatic N) is 3. The summed E-state index contributed by atoms with van der Waals surface area (Å²) < 4.78 is 44.1. The first-order valence-electron chi connectivity index (χ1n) is 9.29. The predicted molar refractivity (Wildman–Crippen MR) is 96.6 cm³/mol. The third-order valence-corrected chi connectivity index (χ3v) is 4.69. The summed E-state index contributed by atoms with van der Waals surface area (Å²) in [6.07, 6.45) is 2.29. The van der Waals surface area contributed by atoms with E-state index >= 15 is 0 Å². The number of carbonyl (C=O) groups is 1. The van der Waals surface area contributed by atoms with Crippen LogP contribution in [-0.2, 0) is 17.4 Å². The number of furan rings is 1. The van der Waals surface area contributed by atoms with E-state index in [0.717, 1.165) is 37.3 Å². The van der Waals surface area contributed by atoms with Crippen LogP contribution < -0.4 is 5.32 Å². The topological polar surface area (TPSA) is 71.3 Å². The van der Waals surface area contributed by atoms with Crippen molar-refractivity contribution in [2.45, 2.75) is 51.2 Å². The molecule has 2 aromatic rings. The van der Waals surface area contributed by atoms with Crippen molar-refractivity contribution in [1.82, 2.24) is 14.9 Å². The van der Waals surface area contributed by atoms with Gasteiger partial charge in [-0.2, -0.15) is 13.2 Å². The lowest BCUT2D eigenvalue weighted by Gasteiger charge is -2.30. The van der Waals surface area contributed by atoms with Gasteiger partial charge in [0.2, 0.25) is 11.9 Å². The van der Waals surface area contributed by atoms with E-state index in [1.54, 1.807) is 11.0 Å². The molecule has 1 saturated heterocycles. The predicted octanol–water partition coefficient (Wildman–Crippen LogP) is 3.82. The highest BCUT2D eigenvalue weighted by atomic mass is 19.4. The van der Waals surface area contributed by atoms with E-state index in [-0.39, 0.29) is 30.0 Å². The van der Waals surface area contributed by atoms with E-state index in [4.69, 9.17) is 4.42 Å². The second kappa shape index (κ2) is 8.62. The molecule has 1 amide bonds. The van der Waals surface area contributed by atoms with Crippen LogP contribution >= 0.6 is 0 Å². The minimum absolute atomic E-state index is 0.0313. The Morgan fingerprint density at radius 1 is 1.32 bits per heavy atom. The normalized spacial score (nSPS) is 18.4. The molecule has 9 heteroatoms. The molecule has 1 aliphatic heterocycles. The number of rotatable bonds is 4. The highest BCUT2D eigenvalue weighted by Gasteiger charge is 2.33. The smallest absolute Gasteiger partial charge is 0.433 e. The summed E-state index contributed by atoms with van der Waals surface area (Å²) in [6, 6.07) is 2.46. The van der Waals surface area contributed by atoms with E-state index in [1.165, 1.54) is 19.5 Å². The summed E-state index contributed by atoms with van der Waals surface area (Å²) in [4.78, 5) is 22.1. The van der Waals surface area contributed by atoms with Gasteiger partial charge in [-0.15, -0.1) is 0 Å². The molecule has 3 rings (SSSR count). The largest absolute Gasteiger partial charge is 0.472 e. The maximum Gasteiger partial charge on any atom is 0.433 e. The maximum atomic E-state index is 13.0. The zero-order valence-electron chi connectivity index (χ0n) is 15.6. The van der Waals surface area contributed by atoms with Gasteiger partial charge in [-0.25, -0.2) is 9.97 Å². The number of anilines is 1. The first-order chi connectivity index (χ1) is 13.3. The lowest BCUT2D eigenvalue weighted by atomic mass is 10.0. The highest BCUT2D eigenvalue weighted by Crippen LogP contribution is 2.28. The maximum absolute atomic E-state index is 13.0. The van der Waals surface area contributed by atoms with Crippen LogP contribution in [0.2, 0.25) is 0 Å². The van der Waals surface area contributed by atoms with Crippen molar-refractivity contribution in [1.29, 1.82) is 0 Å². The van der Waals surface area contributed by atoms with Gasteiger partial charge < -0.3 is 14.6 Å². The zero-order chi connectivity index (χ0) is 20.1. The van der Waals surface area contributed by atoms with Crippen LogP contribution in [-0.4, -0.2) is 39.9 Å². The summed E-state index contributed by atoms with van der Waals surface area (Å²) in [6.45, 7) is 2.52. The van der Waals surface area contributed by atoms with Crippen LogP contribution in [0, 0.1) is 6.92 Å². The molecule has 28 heavy (non-hydrogen) atoms. The SMILES string of the molecule is Cc1cc(C(F)(F)F)nc(NC2CCCCCN(C(=O)Cc3ccoc3)C2)n1. The third-order valence-electron chi connectivity index (χ3n) is 4.69. The fourth-order valence-electron chi connectivity index (χ4n) is 3.30. The van der Waals surface area contributed by atoms with E-state index in [1.807, 2.05) is 0 Å². The second-order valence-electron chi connectivity index (χ2n) is 7.05. The minimum atomic E-state index is -4.53. The van der Waals surface area contributed by atoms with E-state index in [9.17, 15) is 18.0 Å². The molecule has 152 valence electrons. The van der Waals surface area contributed by atoms with Gasteiger partial charge in [-0.05, 0) is 37.5 Å². The van der Waals surface area contributed by atoms with Gasteiger partial charge in [0.25, 0.3) is 0 Å². The minimum Gasteiger partial charge on any atom is -0.472 e. The Morgan fingerprint density at radius 2 is 2.14 bits per heavy atom. The monoisotopic (exact) mass is 396 g/mol. The van der Waals surface area contributed by atoms with Crippen LogP contribution in [0.15, 0.2) is 29.1 Å². The number of hydrogen-bond donors (Lipinski definition) is 1. The third kappa shape index (κ3) is 5.46. The van der Waals surface area contributed by atoms with Crippen molar-refractivity contribution in [2.24, 2.45) is 0 Å². The van der Waals surface area contributed by atoms with E-state index in [0.29, 0.717) is 13.1 Å². The number of carbonyl (C=O) groups excluding carboxylic acids is 1. The first-order valence-corrected chi connectivity index (χ1v) is 9.29. The summed E-state index contributed by atoms with van der Waals surface area (Å²) in [5.74, 6) is -0.0867. The molecule has 0 aliphatic carbocycles. The summed E-state index contributed by atoms with van der Waals surface area (Å²) in [5, 5.41) is 3.01. The fraction of sp³-hybridized carbons (Fsp3) is 0.526. The molecule has 0 bridgehead atoms. The lowest BCUT2D eigenvalue weighted by molar-refractivity contribution is -0.141. The van der Waals surface area contributed by atoms with E-state index in [2.05, 4.69) is 15.3 Å². The number of likely N-dealkylation sites (tertiary alicyclic amines) is 1. The molecular weight excluding hydrogens is 373 g/mol. The van der Waals surface area contributed by atoms with Crippen LogP contribution in [0.3, 0.4) is 0 Å². The summed E-state index contributed by atoms with van der Waals surface area (Å²) in [7, 11) is 0. The van der Waals surface area contributed by atoms with Crippen molar-refractivity contribution in [3.8, 4) is 0 Å². The highest BCUT2D eigenvalue weighted by molar-refractivity contribution is 5.78. The van der Waals surface area contributed by atoms with Crippen molar-refractivity contribution >= 4 is 11.9 Å². The number of aromatic nitrogens is 2. The molecule has 0 saturated carbocycles. The molecule has 2 aromatic heterocycles. The number of amides is 1. The number of halogens is 3. The molecule has 0 radical (unpaired) electrons. The Bertz CT molecular complexity index is 793. The van der Waals surface area contributed by atoms with Crippen molar-refractivity contribution in [2.75, 3.05) is 18.4 Å². The van der Waals surface area contributed by atoms with Gasteiger partial charge in [0, 0.05) is 24.8 Å². The molecular formula is C19H23F3N4O2.